The van der Waals surface area contributed by atoms with Crippen LogP contribution in [0.4, 0.5) is 0 Å². The number of aromatic amines is 1. The summed E-state index contributed by atoms with van der Waals surface area (Å²) in [7, 11) is 0. The maximum absolute atomic E-state index is 12.5. The number of ether oxygens (including phenoxy) is 1. The Balaban J connectivity index is 1.49. The lowest BCUT2D eigenvalue weighted by atomic mass is 9.88. The van der Waals surface area contributed by atoms with Gasteiger partial charge in [0.25, 0.3) is 6.02 Å². The minimum Gasteiger partial charge on any atom is -0.452 e. The summed E-state index contributed by atoms with van der Waals surface area (Å²) in [4.78, 5) is 21.7. The zero-order valence-electron chi connectivity index (χ0n) is 15.0. The summed E-state index contributed by atoms with van der Waals surface area (Å²) in [6, 6.07) is 1.83. The van der Waals surface area contributed by atoms with Gasteiger partial charge in [0.1, 0.15) is 6.04 Å². The van der Waals surface area contributed by atoms with Gasteiger partial charge in [-0.3, -0.25) is 9.89 Å². The number of carbonyl (C=O) groups is 1. The Bertz CT molecular complexity index is 953. The summed E-state index contributed by atoms with van der Waals surface area (Å²) in [6.07, 6.45) is 10.7. The van der Waals surface area contributed by atoms with Crippen molar-refractivity contribution in [2.75, 3.05) is 0 Å². The van der Waals surface area contributed by atoms with E-state index in [1.165, 1.54) is 0 Å². The molecule has 4 aliphatic rings. The Hall–Kier alpha value is -3.16. The molecule has 8 nitrogen and oxygen atoms in total. The topological polar surface area (TPSA) is 104 Å². The SMILES string of the molecule is CC12CC=CC=C1N/C(=N/C1=NC(c3ccn[nH]3)C3=C(CCCC3=O)N1)O2. The molecule has 2 aliphatic heterocycles. The predicted octanol–water partition coefficient (Wildman–Crippen LogP) is 2.00. The summed E-state index contributed by atoms with van der Waals surface area (Å²) in [5.41, 5.74) is 2.95. The lowest BCUT2D eigenvalue weighted by molar-refractivity contribution is -0.116. The van der Waals surface area contributed by atoms with Crippen molar-refractivity contribution >= 4 is 17.8 Å². The third-order valence-corrected chi connectivity index (χ3v) is 5.31. The number of amidine groups is 1. The number of nitrogens with zero attached hydrogens (tertiary/aromatic N) is 3. The number of aromatic nitrogens is 2. The molecule has 8 heteroatoms. The number of rotatable bonds is 1. The molecule has 2 atom stereocenters. The van der Waals surface area contributed by atoms with Crippen molar-refractivity contribution in [3.05, 3.63) is 53.2 Å². The Kier molecular flexibility index (Phi) is 3.53. The van der Waals surface area contributed by atoms with Crippen molar-refractivity contribution in [3.8, 4) is 0 Å². The van der Waals surface area contributed by atoms with Crippen molar-refractivity contribution in [1.82, 2.24) is 20.8 Å². The maximum atomic E-state index is 12.5. The van der Waals surface area contributed by atoms with Crippen LogP contribution in [0.3, 0.4) is 0 Å². The van der Waals surface area contributed by atoms with Crippen LogP contribution in [0.5, 0.6) is 0 Å². The number of hydrogen-bond acceptors (Lipinski definition) is 6. The molecule has 0 aromatic carbocycles. The molecule has 0 radical (unpaired) electrons. The number of carbonyl (C=O) groups excluding carboxylic acids is 1. The van der Waals surface area contributed by atoms with E-state index in [1.54, 1.807) is 6.20 Å². The normalized spacial score (nSPS) is 30.8. The van der Waals surface area contributed by atoms with E-state index in [0.717, 1.165) is 36.4 Å². The molecule has 0 saturated carbocycles. The van der Waals surface area contributed by atoms with Crippen LogP contribution in [0.25, 0.3) is 0 Å². The second-order valence-corrected chi connectivity index (χ2v) is 7.25. The second-order valence-electron chi connectivity index (χ2n) is 7.25. The lowest BCUT2D eigenvalue weighted by Crippen LogP contribution is -2.35. The Morgan fingerprint density at radius 2 is 2.26 bits per heavy atom. The molecule has 5 rings (SSSR count). The number of fused-ring (bicyclic) bond motifs is 1. The standard InChI is InChI=1S/C19H20N6O2/c1-19-9-3-2-7-14(19)22-18(27-19)24-17-21-11-5-4-6-13(26)15(11)16(23-17)12-8-10-20-25-12/h2-3,7-8,10,16H,4-6,9H2,1H3,(H,20,25)(H2,21,22,23,24). The van der Waals surface area contributed by atoms with Gasteiger partial charge >= 0.3 is 0 Å². The van der Waals surface area contributed by atoms with Crippen LogP contribution in [-0.4, -0.2) is 33.6 Å². The summed E-state index contributed by atoms with van der Waals surface area (Å²) in [5.74, 6) is 0.560. The lowest BCUT2D eigenvalue weighted by Gasteiger charge is -2.28. The van der Waals surface area contributed by atoms with Crippen LogP contribution in [-0.2, 0) is 9.53 Å². The van der Waals surface area contributed by atoms with Gasteiger partial charge in [0.15, 0.2) is 11.4 Å². The van der Waals surface area contributed by atoms with Crippen LogP contribution in [0.2, 0.25) is 0 Å². The zero-order valence-corrected chi connectivity index (χ0v) is 15.0. The fraction of sp³-hybridized carbons (Fsp3) is 0.368. The van der Waals surface area contributed by atoms with E-state index in [-0.39, 0.29) is 5.78 Å². The fourth-order valence-corrected chi connectivity index (χ4v) is 3.88. The molecular weight excluding hydrogens is 344 g/mol. The van der Waals surface area contributed by atoms with Crippen molar-refractivity contribution in [3.63, 3.8) is 0 Å². The maximum Gasteiger partial charge on any atom is 0.298 e. The molecule has 1 fully saturated rings. The van der Waals surface area contributed by atoms with E-state index >= 15 is 0 Å². The average Bonchev–Trinajstić information content (AvgIpc) is 3.28. The molecule has 2 aliphatic carbocycles. The van der Waals surface area contributed by atoms with Crippen LogP contribution < -0.4 is 10.6 Å². The van der Waals surface area contributed by atoms with Gasteiger partial charge in [0.05, 0.1) is 11.4 Å². The van der Waals surface area contributed by atoms with Gasteiger partial charge in [0.2, 0.25) is 5.96 Å². The number of allylic oxidation sites excluding steroid dienone is 3. The summed E-state index contributed by atoms with van der Waals surface area (Å²) in [6.45, 7) is 2.03. The molecule has 1 aromatic heterocycles. The van der Waals surface area contributed by atoms with Gasteiger partial charge in [-0.15, -0.1) is 0 Å². The van der Waals surface area contributed by atoms with Gasteiger partial charge in [-0.2, -0.15) is 10.1 Å². The molecule has 2 unspecified atom stereocenters. The molecule has 138 valence electrons. The molecule has 3 heterocycles. The van der Waals surface area contributed by atoms with Crippen LogP contribution in [0, 0.1) is 0 Å². The molecule has 0 spiro atoms. The fourth-order valence-electron chi connectivity index (χ4n) is 3.88. The first-order valence-corrected chi connectivity index (χ1v) is 9.15. The van der Waals surface area contributed by atoms with Crippen LogP contribution in [0.15, 0.2) is 57.4 Å². The minimum atomic E-state index is -0.420. The summed E-state index contributed by atoms with van der Waals surface area (Å²) >= 11 is 0. The van der Waals surface area contributed by atoms with Crippen molar-refractivity contribution in [2.24, 2.45) is 9.98 Å². The van der Waals surface area contributed by atoms with Crippen LogP contribution >= 0.6 is 0 Å². The molecule has 3 N–H and O–H groups in total. The predicted molar refractivity (Wildman–Crippen MR) is 99.7 cm³/mol. The Labute approximate surface area is 156 Å². The van der Waals surface area contributed by atoms with Gasteiger partial charge in [0, 0.05) is 30.3 Å². The largest absolute Gasteiger partial charge is 0.452 e. The number of guanidine groups is 1. The smallest absolute Gasteiger partial charge is 0.298 e. The Morgan fingerprint density at radius 1 is 1.33 bits per heavy atom. The van der Waals surface area contributed by atoms with E-state index in [4.69, 9.17) is 4.74 Å². The van der Waals surface area contributed by atoms with E-state index < -0.39 is 11.6 Å². The highest BCUT2D eigenvalue weighted by Gasteiger charge is 2.40. The molecule has 27 heavy (non-hydrogen) atoms. The number of Topliss-reactive ketones (excluding diaryl/α,β-unsaturated/α-hetero) is 1. The van der Waals surface area contributed by atoms with Gasteiger partial charge in [-0.1, -0.05) is 12.2 Å². The summed E-state index contributed by atoms with van der Waals surface area (Å²) in [5, 5.41) is 13.4. The van der Waals surface area contributed by atoms with Gasteiger partial charge in [-0.05, 0) is 31.9 Å². The van der Waals surface area contributed by atoms with Gasteiger partial charge < -0.3 is 15.4 Å². The highest BCUT2D eigenvalue weighted by atomic mass is 16.5. The Morgan fingerprint density at radius 3 is 3.07 bits per heavy atom. The number of hydrogen-bond donors (Lipinski definition) is 3. The third kappa shape index (κ3) is 2.68. The second kappa shape index (κ2) is 5.94. The first-order chi connectivity index (χ1) is 13.1. The molecule has 1 saturated heterocycles. The zero-order chi connectivity index (χ0) is 18.4. The summed E-state index contributed by atoms with van der Waals surface area (Å²) < 4.78 is 6.03. The average molecular weight is 364 g/mol. The van der Waals surface area contributed by atoms with Crippen molar-refractivity contribution in [1.29, 1.82) is 0 Å². The van der Waals surface area contributed by atoms with Crippen LogP contribution in [0.1, 0.15) is 44.3 Å². The highest BCUT2D eigenvalue weighted by Crippen LogP contribution is 2.36. The monoisotopic (exact) mass is 364 g/mol. The van der Waals surface area contributed by atoms with Crippen molar-refractivity contribution in [2.45, 2.75) is 44.2 Å². The molecule has 0 bridgehead atoms. The third-order valence-electron chi connectivity index (χ3n) is 5.31. The van der Waals surface area contributed by atoms with Gasteiger partial charge in [-0.25, -0.2) is 4.99 Å². The van der Waals surface area contributed by atoms with E-state index in [1.807, 2.05) is 25.1 Å². The number of ketones is 1. The quantitative estimate of drug-likeness (QED) is 0.707. The number of aliphatic imine (C=N–C) groups is 2. The molecule has 1 aromatic rings. The van der Waals surface area contributed by atoms with Crippen molar-refractivity contribution < 1.29 is 9.53 Å². The molecular formula is C19H20N6O2. The number of nitrogens with one attached hydrogen (secondary N) is 3. The first kappa shape index (κ1) is 16.0. The molecule has 0 amide bonds. The van der Waals surface area contributed by atoms with E-state index in [2.05, 4.69) is 36.9 Å². The minimum absolute atomic E-state index is 0.129. The van der Waals surface area contributed by atoms with E-state index in [9.17, 15) is 4.79 Å². The number of H-pyrrole nitrogens is 1. The highest BCUT2D eigenvalue weighted by molar-refractivity contribution is 6.02. The first-order valence-electron chi connectivity index (χ1n) is 9.15. The van der Waals surface area contributed by atoms with E-state index in [0.29, 0.717) is 24.0 Å².